The van der Waals surface area contributed by atoms with E-state index in [9.17, 15) is 0 Å². The number of hydrogen-bond acceptors (Lipinski definition) is 1. The third-order valence-corrected chi connectivity index (χ3v) is 5.99. The fourth-order valence-corrected chi connectivity index (χ4v) is 4.40. The van der Waals surface area contributed by atoms with E-state index in [0.717, 1.165) is 6.17 Å². The van der Waals surface area contributed by atoms with E-state index in [0.29, 0.717) is 0 Å². The second-order valence-corrected chi connectivity index (χ2v) is 16.2. The maximum atomic E-state index is 2.51. The summed E-state index contributed by atoms with van der Waals surface area (Å²) >= 11 is 0. The second kappa shape index (κ2) is 7.23. The van der Waals surface area contributed by atoms with Crippen molar-refractivity contribution in [1.82, 2.24) is 0 Å². The first-order valence-electron chi connectivity index (χ1n) is 9.76. The smallest absolute Gasteiger partial charge is 0.0671 e. The van der Waals surface area contributed by atoms with Gasteiger partial charge < -0.3 is 4.90 Å². The number of benzene rings is 2. The van der Waals surface area contributed by atoms with Crippen molar-refractivity contribution in [3.8, 4) is 0 Å². The lowest BCUT2D eigenvalue weighted by molar-refractivity contribution is 0.590. The van der Waals surface area contributed by atoms with Crippen LogP contribution in [0.4, 0.5) is 11.4 Å². The van der Waals surface area contributed by atoms with Gasteiger partial charge in [0.1, 0.15) is 0 Å². The largest absolute Gasteiger partial charge is 0.345 e. The Morgan fingerprint density at radius 2 is 0.923 bits per heavy atom. The normalized spacial score (nSPS) is 13.0. The minimum atomic E-state index is -1.26. The summed E-state index contributed by atoms with van der Waals surface area (Å²) in [5.74, 6) is 0. The van der Waals surface area contributed by atoms with Gasteiger partial charge in [0.25, 0.3) is 0 Å². The molecule has 0 saturated carbocycles. The quantitative estimate of drug-likeness (QED) is 0.512. The van der Waals surface area contributed by atoms with Crippen LogP contribution in [0.1, 0.15) is 52.7 Å². The fraction of sp³-hybridized carbons (Fsp3) is 0.500. The predicted octanol–water partition coefficient (Wildman–Crippen LogP) is 7.30. The molecule has 1 nitrogen and oxygen atoms in total. The Kier molecular flexibility index (Phi) is 5.77. The zero-order valence-electron chi connectivity index (χ0n) is 18.3. The van der Waals surface area contributed by atoms with Gasteiger partial charge in [-0.15, -0.1) is 0 Å². The standard InChI is InChI=1S/C24H37NSi/c1-23(2,3)19-10-14-21(15-11-19)25(18-26(7,8)9)22-16-12-20(13-17-22)24(4,5)6/h10-17H,18H2,1-9H3. The molecule has 0 aliphatic heterocycles. The van der Waals surface area contributed by atoms with Gasteiger partial charge in [0, 0.05) is 17.5 Å². The molecular formula is C24H37NSi. The Morgan fingerprint density at radius 1 is 0.615 bits per heavy atom. The van der Waals surface area contributed by atoms with Crippen LogP contribution in [0.3, 0.4) is 0 Å². The van der Waals surface area contributed by atoms with Gasteiger partial charge in [-0.2, -0.15) is 0 Å². The first kappa shape index (κ1) is 20.8. The summed E-state index contributed by atoms with van der Waals surface area (Å²) in [5.41, 5.74) is 5.75. The highest BCUT2D eigenvalue weighted by atomic mass is 28.3. The van der Waals surface area contributed by atoms with Gasteiger partial charge in [-0.3, -0.25) is 0 Å². The Morgan fingerprint density at radius 3 is 1.15 bits per heavy atom. The summed E-state index contributed by atoms with van der Waals surface area (Å²) in [4.78, 5) is 2.51. The first-order valence-corrected chi connectivity index (χ1v) is 13.5. The summed E-state index contributed by atoms with van der Waals surface area (Å²) < 4.78 is 0. The van der Waals surface area contributed by atoms with Gasteiger partial charge in [0.05, 0.1) is 8.07 Å². The molecule has 0 saturated heterocycles. The maximum Gasteiger partial charge on any atom is 0.0671 e. The summed E-state index contributed by atoms with van der Waals surface area (Å²) in [6, 6.07) is 18.3. The SMILES string of the molecule is CC(C)(C)c1ccc(N(C[Si](C)(C)C)c2ccc(C(C)(C)C)cc2)cc1. The van der Waals surface area contributed by atoms with Crippen LogP contribution in [0.2, 0.25) is 19.6 Å². The molecule has 26 heavy (non-hydrogen) atoms. The van der Waals surface area contributed by atoms with Crippen LogP contribution in [0.5, 0.6) is 0 Å². The summed E-state index contributed by atoms with van der Waals surface area (Å²) in [5, 5.41) is 0. The number of nitrogens with zero attached hydrogens (tertiary/aromatic N) is 1. The van der Waals surface area contributed by atoms with Crippen molar-refractivity contribution in [3.05, 3.63) is 59.7 Å². The zero-order chi connectivity index (χ0) is 19.8. The minimum absolute atomic E-state index is 0.191. The molecule has 0 radical (unpaired) electrons. The maximum absolute atomic E-state index is 2.51. The van der Waals surface area contributed by atoms with E-state index in [4.69, 9.17) is 0 Å². The molecule has 2 heteroatoms. The van der Waals surface area contributed by atoms with Gasteiger partial charge in [-0.25, -0.2) is 0 Å². The molecule has 0 fully saturated rings. The van der Waals surface area contributed by atoms with Crippen molar-refractivity contribution in [2.45, 2.75) is 72.0 Å². The van der Waals surface area contributed by atoms with Crippen molar-refractivity contribution in [1.29, 1.82) is 0 Å². The fourth-order valence-electron chi connectivity index (χ4n) is 3.09. The topological polar surface area (TPSA) is 3.24 Å². The third kappa shape index (κ3) is 5.47. The van der Waals surface area contributed by atoms with Crippen molar-refractivity contribution < 1.29 is 0 Å². The van der Waals surface area contributed by atoms with Crippen LogP contribution >= 0.6 is 0 Å². The molecule has 0 spiro atoms. The van der Waals surface area contributed by atoms with Crippen LogP contribution in [0.25, 0.3) is 0 Å². The molecule has 0 heterocycles. The summed E-state index contributed by atoms with van der Waals surface area (Å²) in [6.07, 6.45) is 1.12. The van der Waals surface area contributed by atoms with Crippen LogP contribution in [-0.4, -0.2) is 14.2 Å². The molecule has 0 N–H and O–H groups in total. The lowest BCUT2D eigenvalue weighted by atomic mass is 9.87. The van der Waals surface area contributed by atoms with E-state index >= 15 is 0 Å². The van der Waals surface area contributed by atoms with Crippen LogP contribution in [-0.2, 0) is 10.8 Å². The molecule has 2 aromatic carbocycles. The molecular weight excluding hydrogens is 330 g/mol. The van der Waals surface area contributed by atoms with Crippen LogP contribution < -0.4 is 4.90 Å². The van der Waals surface area contributed by atoms with E-state index in [1.54, 1.807) is 0 Å². The molecule has 2 rings (SSSR count). The van der Waals surface area contributed by atoms with E-state index < -0.39 is 8.07 Å². The molecule has 0 aromatic heterocycles. The second-order valence-electron chi connectivity index (χ2n) is 10.7. The van der Waals surface area contributed by atoms with E-state index in [-0.39, 0.29) is 10.8 Å². The van der Waals surface area contributed by atoms with Crippen molar-refractivity contribution >= 4 is 19.4 Å². The van der Waals surface area contributed by atoms with E-state index in [1.165, 1.54) is 22.5 Å². The number of hydrogen-bond donors (Lipinski definition) is 0. The average Bonchev–Trinajstić information content (AvgIpc) is 2.50. The van der Waals surface area contributed by atoms with Crippen molar-refractivity contribution in [2.75, 3.05) is 11.1 Å². The Bertz CT molecular complexity index is 650. The highest BCUT2D eigenvalue weighted by molar-refractivity contribution is 6.76. The van der Waals surface area contributed by atoms with E-state index in [1.807, 2.05) is 0 Å². The minimum Gasteiger partial charge on any atom is -0.345 e. The summed E-state index contributed by atoms with van der Waals surface area (Å²) in [6.45, 7) is 20.9. The van der Waals surface area contributed by atoms with Gasteiger partial charge in [0.15, 0.2) is 0 Å². The molecule has 2 aromatic rings. The molecule has 0 unspecified atom stereocenters. The van der Waals surface area contributed by atoms with Gasteiger partial charge in [0.2, 0.25) is 0 Å². The molecule has 0 aliphatic rings. The van der Waals surface area contributed by atoms with Crippen molar-refractivity contribution in [2.24, 2.45) is 0 Å². The number of anilines is 2. The lowest BCUT2D eigenvalue weighted by Crippen LogP contribution is -2.37. The highest BCUT2D eigenvalue weighted by Crippen LogP contribution is 2.32. The molecule has 0 atom stereocenters. The van der Waals surface area contributed by atoms with Gasteiger partial charge in [-0.05, 0) is 46.2 Å². The predicted molar refractivity (Wildman–Crippen MR) is 121 cm³/mol. The van der Waals surface area contributed by atoms with E-state index in [2.05, 4.69) is 115 Å². The molecule has 0 bridgehead atoms. The zero-order valence-corrected chi connectivity index (χ0v) is 19.3. The molecule has 0 aliphatic carbocycles. The van der Waals surface area contributed by atoms with Crippen LogP contribution in [0, 0.1) is 0 Å². The van der Waals surface area contributed by atoms with Gasteiger partial charge >= 0.3 is 0 Å². The first-order chi connectivity index (χ1) is 11.8. The molecule has 142 valence electrons. The van der Waals surface area contributed by atoms with Crippen LogP contribution in [0.15, 0.2) is 48.5 Å². The Balaban J connectivity index is 2.41. The Labute approximate surface area is 162 Å². The lowest BCUT2D eigenvalue weighted by Gasteiger charge is -2.32. The van der Waals surface area contributed by atoms with Crippen molar-refractivity contribution in [3.63, 3.8) is 0 Å². The van der Waals surface area contributed by atoms with Gasteiger partial charge in [-0.1, -0.05) is 85.4 Å². The Hall–Kier alpha value is -1.54. The molecule has 0 amide bonds. The monoisotopic (exact) mass is 367 g/mol. The average molecular weight is 368 g/mol. The highest BCUT2D eigenvalue weighted by Gasteiger charge is 2.22. The number of rotatable bonds is 4. The summed E-state index contributed by atoms with van der Waals surface area (Å²) in [7, 11) is -1.26. The third-order valence-electron chi connectivity index (χ3n) is 4.72.